The number of carbonyl (C=O) groups is 2. The molecule has 1 aromatic heterocycles. The van der Waals surface area contributed by atoms with Gasteiger partial charge in [-0.3, -0.25) is 9.59 Å². The van der Waals surface area contributed by atoms with Crippen molar-refractivity contribution in [1.82, 2.24) is 4.90 Å². The maximum absolute atomic E-state index is 12.7. The quantitative estimate of drug-likeness (QED) is 0.914. The summed E-state index contributed by atoms with van der Waals surface area (Å²) in [6.45, 7) is 5.06. The number of fused-ring (bicyclic) bond motifs is 1. The number of hydrogen-bond donors (Lipinski definition) is 1. The lowest BCUT2D eigenvalue weighted by atomic mass is 9.88. The first-order chi connectivity index (χ1) is 9.97. The molecular weight excluding hydrogens is 286 g/mol. The number of likely N-dealkylation sites (tertiary alicyclic amines) is 1. The van der Waals surface area contributed by atoms with Crippen LogP contribution < -0.4 is 0 Å². The summed E-state index contributed by atoms with van der Waals surface area (Å²) in [5, 5.41) is 11.2. The first-order valence-corrected chi connectivity index (χ1v) is 8.46. The Kier molecular flexibility index (Phi) is 3.78. The minimum Gasteiger partial charge on any atom is -0.481 e. The molecule has 1 aromatic rings. The SMILES string of the molecule is CC1CCc2c(C(=O)N3C[C@@H](C)[C@H](C(=O)O)C3)csc2C1. The van der Waals surface area contributed by atoms with Gasteiger partial charge in [-0.2, -0.15) is 0 Å². The maximum atomic E-state index is 12.7. The second kappa shape index (κ2) is 5.44. The third kappa shape index (κ3) is 2.59. The Balaban J connectivity index is 1.79. The highest BCUT2D eigenvalue weighted by molar-refractivity contribution is 7.10. The van der Waals surface area contributed by atoms with Crippen LogP contribution in [0.3, 0.4) is 0 Å². The first-order valence-electron chi connectivity index (χ1n) is 7.58. The molecule has 21 heavy (non-hydrogen) atoms. The number of hydrogen-bond acceptors (Lipinski definition) is 3. The summed E-state index contributed by atoms with van der Waals surface area (Å²) in [5.41, 5.74) is 2.04. The van der Waals surface area contributed by atoms with Gasteiger partial charge < -0.3 is 10.0 Å². The van der Waals surface area contributed by atoms with Gasteiger partial charge in [-0.25, -0.2) is 0 Å². The molecule has 1 unspecified atom stereocenters. The third-order valence-corrected chi connectivity index (χ3v) is 5.90. The average molecular weight is 307 g/mol. The molecule has 114 valence electrons. The van der Waals surface area contributed by atoms with Crippen molar-refractivity contribution in [2.45, 2.75) is 33.1 Å². The summed E-state index contributed by atoms with van der Waals surface area (Å²) in [6, 6.07) is 0. The normalized spacial score (nSPS) is 28.5. The van der Waals surface area contributed by atoms with Crippen LogP contribution in [0.4, 0.5) is 0 Å². The van der Waals surface area contributed by atoms with Gasteiger partial charge in [-0.05, 0) is 36.7 Å². The number of carboxylic acid groups (broad SMARTS) is 1. The summed E-state index contributed by atoms with van der Waals surface area (Å²) >= 11 is 1.69. The van der Waals surface area contributed by atoms with Crippen molar-refractivity contribution in [3.05, 3.63) is 21.4 Å². The highest BCUT2D eigenvalue weighted by atomic mass is 32.1. The molecule has 1 aliphatic carbocycles. The van der Waals surface area contributed by atoms with Gasteiger partial charge in [-0.15, -0.1) is 11.3 Å². The highest BCUT2D eigenvalue weighted by Gasteiger charge is 2.38. The lowest BCUT2D eigenvalue weighted by Gasteiger charge is -2.21. The van der Waals surface area contributed by atoms with Crippen molar-refractivity contribution in [1.29, 1.82) is 0 Å². The molecule has 0 radical (unpaired) electrons. The van der Waals surface area contributed by atoms with Gasteiger partial charge in [0.15, 0.2) is 0 Å². The zero-order valence-electron chi connectivity index (χ0n) is 12.5. The van der Waals surface area contributed by atoms with E-state index in [0.29, 0.717) is 19.0 Å². The van der Waals surface area contributed by atoms with E-state index < -0.39 is 11.9 Å². The molecule has 1 fully saturated rings. The third-order valence-electron chi connectivity index (χ3n) is 4.85. The molecular formula is C16H21NO3S. The van der Waals surface area contributed by atoms with Crippen LogP contribution in [0, 0.1) is 17.8 Å². The second-order valence-corrected chi connectivity index (χ2v) is 7.50. The number of carboxylic acids is 1. The minimum atomic E-state index is -0.793. The van der Waals surface area contributed by atoms with Crippen molar-refractivity contribution >= 4 is 23.2 Å². The van der Waals surface area contributed by atoms with Crippen LogP contribution in [0.1, 0.15) is 41.1 Å². The molecule has 3 rings (SSSR count). The number of thiophene rings is 1. The molecule has 0 aromatic carbocycles. The van der Waals surface area contributed by atoms with Gasteiger partial charge in [0.05, 0.1) is 11.5 Å². The molecule has 5 heteroatoms. The standard InChI is InChI=1S/C16H21NO3S/c1-9-3-4-11-13(8-21-14(11)5-9)15(18)17-6-10(2)12(7-17)16(19)20/h8-10,12H,3-7H2,1-2H3,(H,19,20)/t9?,10-,12-/m1/s1. The van der Waals surface area contributed by atoms with E-state index in [9.17, 15) is 14.7 Å². The lowest BCUT2D eigenvalue weighted by Crippen LogP contribution is -2.30. The van der Waals surface area contributed by atoms with Crippen LogP contribution in [0.15, 0.2) is 5.38 Å². The molecule has 2 heterocycles. The van der Waals surface area contributed by atoms with Gasteiger partial charge in [0.2, 0.25) is 0 Å². The Morgan fingerprint density at radius 3 is 2.76 bits per heavy atom. The molecule has 3 atom stereocenters. The van der Waals surface area contributed by atoms with Crippen LogP contribution in [0.5, 0.6) is 0 Å². The van der Waals surface area contributed by atoms with Crippen LogP contribution >= 0.6 is 11.3 Å². The fraction of sp³-hybridized carbons (Fsp3) is 0.625. The maximum Gasteiger partial charge on any atom is 0.308 e. The molecule has 2 aliphatic rings. The summed E-state index contributed by atoms with van der Waals surface area (Å²) in [6.07, 6.45) is 3.19. The Bertz CT molecular complexity index is 580. The van der Waals surface area contributed by atoms with Gasteiger partial charge >= 0.3 is 5.97 Å². The van der Waals surface area contributed by atoms with Crippen LogP contribution in [-0.4, -0.2) is 35.0 Å². The van der Waals surface area contributed by atoms with Crippen molar-refractivity contribution in [3.8, 4) is 0 Å². The zero-order chi connectivity index (χ0) is 15.1. The van der Waals surface area contributed by atoms with Gasteiger partial charge in [0.1, 0.15) is 0 Å². The van der Waals surface area contributed by atoms with E-state index in [0.717, 1.165) is 24.8 Å². The van der Waals surface area contributed by atoms with E-state index in [1.807, 2.05) is 12.3 Å². The molecule has 0 bridgehead atoms. The average Bonchev–Trinajstić information content (AvgIpc) is 3.01. The molecule has 1 saturated heterocycles. The zero-order valence-corrected chi connectivity index (χ0v) is 13.3. The Labute approximate surface area is 128 Å². The van der Waals surface area contributed by atoms with Gasteiger partial charge in [0.25, 0.3) is 5.91 Å². The monoisotopic (exact) mass is 307 g/mol. The first kappa shape index (κ1) is 14.6. The lowest BCUT2D eigenvalue weighted by molar-refractivity contribution is -0.142. The fourth-order valence-corrected chi connectivity index (χ4v) is 4.72. The van der Waals surface area contributed by atoms with E-state index in [-0.39, 0.29) is 11.8 Å². The Hall–Kier alpha value is -1.36. The van der Waals surface area contributed by atoms with Crippen molar-refractivity contribution in [2.75, 3.05) is 13.1 Å². The Morgan fingerprint density at radius 1 is 1.33 bits per heavy atom. The molecule has 0 spiro atoms. The second-order valence-electron chi connectivity index (χ2n) is 6.53. The Morgan fingerprint density at radius 2 is 2.10 bits per heavy atom. The van der Waals surface area contributed by atoms with E-state index in [1.165, 1.54) is 10.4 Å². The van der Waals surface area contributed by atoms with Crippen LogP contribution in [0.2, 0.25) is 0 Å². The minimum absolute atomic E-state index is 0.0256. The van der Waals surface area contributed by atoms with E-state index in [1.54, 1.807) is 16.2 Å². The molecule has 1 amide bonds. The number of nitrogens with zero attached hydrogens (tertiary/aromatic N) is 1. The number of aliphatic carboxylic acids is 1. The molecule has 4 nitrogen and oxygen atoms in total. The van der Waals surface area contributed by atoms with Gasteiger partial charge in [-0.1, -0.05) is 13.8 Å². The van der Waals surface area contributed by atoms with E-state index in [4.69, 9.17) is 0 Å². The summed E-state index contributed by atoms with van der Waals surface area (Å²) in [5.74, 6) is -0.469. The number of carbonyl (C=O) groups excluding carboxylic acids is 1. The summed E-state index contributed by atoms with van der Waals surface area (Å²) < 4.78 is 0. The molecule has 1 aliphatic heterocycles. The smallest absolute Gasteiger partial charge is 0.308 e. The number of rotatable bonds is 2. The number of amides is 1. The van der Waals surface area contributed by atoms with Crippen molar-refractivity contribution in [3.63, 3.8) is 0 Å². The van der Waals surface area contributed by atoms with Crippen molar-refractivity contribution in [2.24, 2.45) is 17.8 Å². The topological polar surface area (TPSA) is 57.6 Å². The molecule has 1 N–H and O–H groups in total. The van der Waals surface area contributed by atoms with E-state index >= 15 is 0 Å². The fourth-order valence-electron chi connectivity index (χ4n) is 3.48. The summed E-state index contributed by atoms with van der Waals surface area (Å²) in [7, 11) is 0. The predicted octanol–water partition coefficient (Wildman–Crippen LogP) is 2.67. The van der Waals surface area contributed by atoms with E-state index in [2.05, 4.69) is 6.92 Å². The molecule has 0 saturated carbocycles. The predicted molar refractivity (Wildman–Crippen MR) is 81.7 cm³/mol. The van der Waals surface area contributed by atoms with Crippen LogP contribution in [0.25, 0.3) is 0 Å². The summed E-state index contributed by atoms with van der Waals surface area (Å²) in [4.78, 5) is 27.0. The van der Waals surface area contributed by atoms with Crippen LogP contribution in [-0.2, 0) is 17.6 Å². The largest absolute Gasteiger partial charge is 0.481 e. The highest BCUT2D eigenvalue weighted by Crippen LogP contribution is 2.34. The van der Waals surface area contributed by atoms with Gasteiger partial charge in [0, 0.05) is 23.3 Å². The van der Waals surface area contributed by atoms with Crippen molar-refractivity contribution < 1.29 is 14.7 Å².